The third-order valence-corrected chi connectivity index (χ3v) is 3.36. The highest BCUT2D eigenvalue weighted by Crippen LogP contribution is 2.38. The highest BCUT2D eigenvalue weighted by molar-refractivity contribution is 5.81. The fourth-order valence-electron chi connectivity index (χ4n) is 2.07. The Hall–Kier alpha value is -0.610. The molecule has 1 saturated heterocycles. The first kappa shape index (κ1) is 10.9. The van der Waals surface area contributed by atoms with Gasteiger partial charge in [0, 0.05) is 26.7 Å². The second-order valence-electron chi connectivity index (χ2n) is 4.76. The summed E-state index contributed by atoms with van der Waals surface area (Å²) in [5.74, 6) is 1.64. The minimum atomic E-state index is -0.266. The number of nitrogens with zero attached hydrogens (tertiary/aromatic N) is 1. The number of hydrogen-bond acceptors (Lipinski definition) is 3. The van der Waals surface area contributed by atoms with Crippen LogP contribution in [0.1, 0.15) is 13.3 Å². The molecule has 1 N–H and O–H groups in total. The number of likely N-dealkylation sites (N-methyl/N-ethyl adjacent to an activating group) is 1. The normalized spacial score (nSPS) is 34.9. The summed E-state index contributed by atoms with van der Waals surface area (Å²) in [5, 5.41) is 3.18. The van der Waals surface area contributed by atoms with Crippen LogP contribution in [-0.2, 0) is 9.53 Å². The summed E-state index contributed by atoms with van der Waals surface area (Å²) in [6.45, 7) is 5.28. The number of carbonyl (C=O) groups excluding carboxylic acids is 1. The van der Waals surface area contributed by atoms with Gasteiger partial charge >= 0.3 is 0 Å². The zero-order valence-electron chi connectivity index (χ0n) is 9.53. The van der Waals surface area contributed by atoms with Gasteiger partial charge in [-0.1, -0.05) is 6.92 Å². The molecule has 0 radical (unpaired) electrons. The Labute approximate surface area is 91.0 Å². The van der Waals surface area contributed by atoms with E-state index in [1.54, 1.807) is 0 Å². The average Bonchev–Trinajstić information content (AvgIpc) is 2.94. The molecule has 2 aliphatic rings. The van der Waals surface area contributed by atoms with E-state index in [-0.39, 0.29) is 12.0 Å². The first-order valence-corrected chi connectivity index (χ1v) is 5.76. The van der Waals surface area contributed by atoms with Gasteiger partial charge in [0.1, 0.15) is 6.10 Å². The van der Waals surface area contributed by atoms with Gasteiger partial charge in [-0.25, -0.2) is 0 Å². The van der Waals surface area contributed by atoms with Gasteiger partial charge in [0.05, 0.1) is 6.61 Å². The van der Waals surface area contributed by atoms with Gasteiger partial charge < -0.3 is 15.0 Å². The Morgan fingerprint density at radius 3 is 2.87 bits per heavy atom. The van der Waals surface area contributed by atoms with Crippen LogP contribution in [0.25, 0.3) is 0 Å². The molecule has 4 nitrogen and oxygen atoms in total. The van der Waals surface area contributed by atoms with Crippen molar-refractivity contribution in [1.82, 2.24) is 10.2 Å². The first-order chi connectivity index (χ1) is 7.18. The van der Waals surface area contributed by atoms with Gasteiger partial charge in [-0.05, 0) is 18.3 Å². The molecule has 3 unspecified atom stereocenters. The summed E-state index contributed by atoms with van der Waals surface area (Å²) in [5.41, 5.74) is 0. The van der Waals surface area contributed by atoms with Gasteiger partial charge in [-0.2, -0.15) is 0 Å². The molecule has 1 saturated carbocycles. The number of amides is 1. The highest BCUT2D eigenvalue weighted by Gasteiger charge is 2.35. The van der Waals surface area contributed by atoms with Crippen LogP contribution in [0.5, 0.6) is 0 Å². The second kappa shape index (κ2) is 4.49. The summed E-state index contributed by atoms with van der Waals surface area (Å²) in [4.78, 5) is 13.8. The van der Waals surface area contributed by atoms with Crippen molar-refractivity contribution in [3.8, 4) is 0 Å². The maximum atomic E-state index is 11.9. The van der Waals surface area contributed by atoms with E-state index in [1.807, 2.05) is 11.9 Å². The van der Waals surface area contributed by atoms with Crippen molar-refractivity contribution in [1.29, 1.82) is 0 Å². The van der Waals surface area contributed by atoms with Crippen molar-refractivity contribution >= 4 is 5.91 Å². The molecule has 1 heterocycles. The molecule has 0 aromatic rings. The molecule has 1 aliphatic heterocycles. The molecule has 15 heavy (non-hydrogen) atoms. The van der Waals surface area contributed by atoms with Crippen LogP contribution in [0.3, 0.4) is 0 Å². The maximum absolute atomic E-state index is 11.9. The van der Waals surface area contributed by atoms with Gasteiger partial charge in [-0.3, -0.25) is 4.79 Å². The van der Waals surface area contributed by atoms with Crippen molar-refractivity contribution < 1.29 is 9.53 Å². The molecule has 0 aromatic heterocycles. The van der Waals surface area contributed by atoms with Crippen LogP contribution in [0.4, 0.5) is 0 Å². The Bertz CT molecular complexity index is 239. The van der Waals surface area contributed by atoms with E-state index < -0.39 is 0 Å². The summed E-state index contributed by atoms with van der Waals surface area (Å²) < 4.78 is 5.44. The van der Waals surface area contributed by atoms with E-state index in [0.717, 1.165) is 24.9 Å². The molecule has 0 aromatic carbocycles. The van der Waals surface area contributed by atoms with Crippen LogP contribution in [0.2, 0.25) is 0 Å². The Morgan fingerprint density at radius 1 is 1.60 bits per heavy atom. The molecule has 1 amide bonds. The van der Waals surface area contributed by atoms with Crippen molar-refractivity contribution in [2.45, 2.75) is 19.4 Å². The lowest BCUT2D eigenvalue weighted by molar-refractivity contribution is -0.144. The average molecular weight is 212 g/mol. The van der Waals surface area contributed by atoms with Crippen LogP contribution >= 0.6 is 0 Å². The Balaban J connectivity index is 1.78. The number of ether oxygens (including phenoxy) is 1. The minimum Gasteiger partial charge on any atom is -0.366 e. The molecule has 2 rings (SSSR count). The predicted octanol–water partition coefficient (Wildman–Crippen LogP) is 0.0892. The van der Waals surface area contributed by atoms with Gasteiger partial charge in [0.25, 0.3) is 5.91 Å². The number of carbonyl (C=O) groups is 1. The topological polar surface area (TPSA) is 41.6 Å². The highest BCUT2D eigenvalue weighted by atomic mass is 16.5. The van der Waals surface area contributed by atoms with E-state index in [2.05, 4.69) is 12.2 Å². The predicted molar refractivity (Wildman–Crippen MR) is 57.5 cm³/mol. The number of morpholine rings is 1. The molecule has 2 fully saturated rings. The Morgan fingerprint density at radius 2 is 2.33 bits per heavy atom. The molecule has 4 heteroatoms. The fourth-order valence-corrected chi connectivity index (χ4v) is 2.07. The zero-order chi connectivity index (χ0) is 10.8. The van der Waals surface area contributed by atoms with E-state index in [4.69, 9.17) is 4.74 Å². The number of nitrogens with one attached hydrogen (secondary N) is 1. The van der Waals surface area contributed by atoms with Crippen molar-refractivity contribution in [2.24, 2.45) is 11.8 Å². The standard InChI is InChI=1S/C11H20N2O2/c1-8-5-9(8)7-13(2)11(14)10-6-12-3-4-15-10/h8-10,12H,3-7H2,1-2H3. The summed E-state index contributed by atoms with van der Waals surface area (Å²) in [6, 6.07) is 0. The summed E-state index contributed by atoms with van der Waals surface area (Å²) in [6.07, 6.45) is 0.999. The van der Waals surface area contributed by atoms with Gasteiger partial charge in [0.15, 0.2) is 0 Å². The molecular weight excluding hydrogens is 192 g/mol. The molecule has 86 valence electrons. The lowest BCUT2D eigenvalue weighted by atomic mass is 10.2. The van der Waals surface area contributed by atoms with Gasteiger partial charge in [-0.15, -0.1) is 0 Å². The lowest BCUT2D eigenvalue weighted by Gasteiger charge is -2.27. The van der Waals surface area contributed by atoms with Crippen LogP contribution in [0, 0.1) is 11.8 Å². The first-order valence-electron chi connectivity index (χ1n) is 5.76. The molecule has 0 bridgehead atoms. The van der Waals surface area contributed by atoms with Crippen molar-refractivity contribution in [3.63, 3.8) is 0 Å². The van der Waals surface area contributed by atoms with Crippen molar-refractivity contribution in [3.05, 3.63) is 0 Å². The van der Waals surface area contributed by atoms with Crippen molar-refractivity contribution in [2.75, 3.05) is 33.3 Å². The fraction of sp³-hybridized carbons (Fsp3) is 0.909. The van der Waals surface area contributed by atoms with Crippen LogP contribution in [-0.4, -0.2) is 50.2 Å². The molecule has 3 atom stereocenters. The zero-order valence-corrected chi connectivity index (χ0v) is 9.53. The summed E-state index contributed by atoms with van der Waals surface area (Å²) in [7, 11) is 1.88. The van der Waals surface area contributed by atoms with E-state index in [9.17, 15) is 4.79 Å². The summed E-state index contributed by atoms with van der Waals surface area (Å²) >= 11 is 0. The Kier molecular flexibility index (Phi) is 3.26. The van der Waals surface area contributed by atoms with Crippen LogP contribution < -0.4 is 5.32 Å². The lowest BCUT2D eigenvalue weighted by Crippen LogP contribution is -2.48. The van der Waals surface area contributed by atoms with Crippen LogP contribution in [0.15, 0.2) is 0 Å². The third-order valence-electron chi connectivity index (χ3n) is 3.36. The number of hydrogen-bond donors (Lipinski definition) is 1. The van der Waals surface area contributed by atoms with Gasteiger partial charge in [0.2, 0.25) is 0 Å². The largest absolute Gasteiger partial charge is 0.366 e. The molecule has 1 aliphatic carbocycles. The maximum Gasteiger partial charge on any atom is 0.252 e. The van der Waals surface area contributed by atoms with E-state index in [1.165, 1.54) is 6.42 Å². The monoisotopic (exact) mass is 212 g/mol. The molecule has 0 spiro atoms. The van der Waals surface area contributed by atoms with E-state index >= 15 is 0 Å². The molecular formula is C11H20N2O2. The third kappa shape index (κ3) is 2.69. The second-order valence-corrected chi connectivity index (χ2v) is 4.76. The smallest absolute Gasteiger partial charge is 0.252 e. The number of rotatable bonds is 3. The minimum absolute atomic E-state index is 0.126. The quantitative estimate of drug-likeness (QED) is 0.721. The van der Waals surface area contributed by atoms with E-state index in [0.29, 0.717) is 13.2 Å². The SMILES string of the molecule is CC1CC1CN(C)C(=O)C1CNCCO1.